The van der Waals surface area contributed by atoms with E-state index in [0.29, 0.717) is 11.4 Å². The van der Waals surface area contributed by atoms with E-state index in [0.717, 1.165) is 0 Å². The van der Waals surface area contributed by atoms with Crippen LogP contribution in [0.5, 0.6) is 5.75 Å². The lowest BCUT2D eigenvalue weighted by molar-refractivity contribution is -0.117. The van der Waals surface area contributed by atoms with Gasteiger partial charge in [0, 0.05) is 11.8 Å². The maximum Gasteiger partial charge on any atom is 0.335 e. The molecule has 1 aliphatic rings. The molecule has 0 aliphatic carbocycles. The van der Waals surface area contributed by atoms with Gasteiger partial charge in [-0.15, -0.1) is 0 Å². The number of hydrogen-bond donors (Lipinski definition) is 2. The van der Waals surface area contributed by atoms with E-state index in [1.807, 2.05) is 0 Å². The normalized spacial score (nSPS) is 19.1. The molecule has 0 radical (unpaired) electrons. The van der Waals surface area contributed by atoms with Crippen LogP contribution in [0.2, 0.25) is 0 Å². The zero-order valence-corrected chi connectivity index (χ0v) is 9.79. The molecule has 1 aliphatic heterocycles. The number of aliphatic hydroxyl groups is 1. The number of aliphatic hydroxyl groups excluding tert-OH is 1. The number of hydrogen-bond acceptors (Lipinski definition) is 4. The summed E-state index contributed by atoms with van der Waals surface area (Å²) in [5.74, 6) is -0.964. The zero-order chi connectivity index (χ0) is 13.3. The smallest absolute Gasteiger partial charge is 0.335 e. The lowest BCUT2D eigenvalue weighted by atomic mass is 10.1. The Labute approximate surface area is 103 Å². The molecule has 2 N–H and O–H groups in total. The number of nitrogens with zero attached hydrogens (tertiary/aromatic N) is 1. The molecular formula is C12H13NO5. The van der Waals surface area contributed by atoms with E-state index in [-0.39, 0.29) is 24.4 Å². The largest absolute Gasteiger partial charge is 0.497 e. The number of β-amino-alcohol motifs (C(OH)–C–C–N with tert-alkyl or cyclic N) is 1. The molecule has 18 heavy (non-hydrogen) atoms. The van der Waals surface area contributed by atoms with Crippen molar-refractivity contribution in [3.63, 3.8) is 0 Å². The van der Waals surface area contributed by atoms with Crippen LogP contribution in [-0.4, -0.2) is 41.8 Å². The van der Waals surface area contributed by atoms with E-state index in [1.54, 1.807) is 6.07 Å². The van der Waals surface area contributed by atoms with Gasteiger partial charge in [0.05, 0.1) is 31.7 Å². The highest BCUT2D eigenvalue weighted by Crippen LogP contribution is 2.27. The van der Waals surface area contributed by atoms with Crippen LogP contribution in [0.1, 0.15) is 16.8 Å². The van der Waals surface area contributed by atoms with Crippen molar-refractivity contribution in [3.8, 4) is 5.75 Å². The summed E-state index contributed by atoms with van der Waals surface area (Å²) in [6.45, 7) is 0.172. The Morgan fingerprint density at radius 2 is 2.17 bits per heavy atom. The summed E-state index contributed by atoms with van der Waals surface area (Å²) < 4.78 is 5.00. The molecule has 1 fully saturated rings. The zero-order valence-electron chi connectivity index (χ0n) is 9.79. The van der Waals surface area contributed by atoms with Crippen LogP contribution in [-0.2, 0) is 4.79 Å². The minimum atomic E-state index is -1.10. The summed E-state index contributed by atoms with van der Waals surface area (Å²) in [6.07, 6.45) is -0.656. The fraction of sp³-hybridized carbons (Fsp3) is 0.333. The molecule has 1 aromatic carbocycles. The third kappa shape index (κ3) is 2.28. The molecule has 6 nitrogen and oxygen atoms in total. The molecule has 0 bridgehead atoms. The van der Waals surface area contributed by atoms with Crippen molar-refractivity contribution in [1.29, 1.82) is 0 Å². The number of carbonyl (C=O) groups is 2. The number of ether oxygens (including phenoxy) is 1. The lowest BCUT2D eigenvalue weighted by Crippen LogP contribution is -2.25. The molecule has 96 valence electrons. The Morgan fingerprint density at radius 1 is 1.44 bits per heavy atom. The van der Waals surface area contributed by atoms with E-state index in [4.69, 9.17) is 9.84 Å². The molecule has 1 aromatic rings. The van der Waals surface area contributed by atoms with E-state index in [9.17, 15) is 14.7 Å². The topological polar surface area (TPSA) is 87.1 Å². The number of methoxy groups -OCH3 is 1. The van der Waals surface area contributed by atoms with Gasteiger partial charge in [-0.2, -0.15) is 0 Å². The van der Waals surface area contributed by atoms with Crippen molar-refractivity contribution in [3.05, 3.63) is 23.8 Å². The van der Waals surface area contributed by atoms with Crippen LogP contribution in [0.15, 0.2) is 18.2 Å². The number of amides is 1. The molecule has 0 saturated carbocycles. The Kier molecular flexibility index (Phi) is 3.20. The number of rotatable bonds is 3. The molecular weight excluding hydrogens is 238 g/mol. The van der Waals surface area contributed by atoms with Gasteiger partial charge < -0.3 is 19.8 Å². The van der Waals surface area contributed by atoms with E-state index >= 15 is 0 Å². The maximum atomic E-state index is 11.6. The first kappa shape index (κ1) is 12.4. The quantitative estimate of drug-likeness (QED) is 0.816. The molecule has 1 saturated heterocycles. The Morgan fingerprint density at radius 3 is 2.67 bits per heavy atom. The van der Waals surface area contributed by atoms with Gasteiger partial charge in [-0.1, -0.05) is 0 Å². The van der Waals surface area contributed by atoms with Gasteiger partial charge >= 0.3 is 5.97 Å². The van der Waals surface area contributed by atoms with Gasteiger partial charge in [0.2, 0.25) is 5.91 Å². The third-order valence-electron chi connectivity index (χ3n) is 2.79. The summed E-state index contributed by atoms with van der Waals surface area (Å²) in [7, 11) is 1.42. The second kappa shape index (κ2) is 4.66. The molecule has 6 heteroatoms. The number of anilines is 1. The predicted octanol–water partition coefficient (Wildman–Crippen LogP) is 0.491. The molecule has 1 amide bonds. The Hall–Kier alpha value is -2.08. The van der Waals surface area contributed by atoms with Crippen molar-refractivity contribution in [1.82, 2.24) is 0 Å². The highest BCUT2D eigenvalue weighted by atomic mass is 16.5. The van der Waals surface area contributed by atoms with Crippen molar-refractivity contribution in [2.24, 2.45) is 0 Å². The first-order chi connectivity index (χ1) is 8.51. The minimum Gasteiger partial charge on any atom is -0.497 e. The van der Waals surface area contributed by atoms with Crippen molar-refractivity contribution >= 4 is 17.6 Å². The van der Waals surface area contributed by atoms with Gasteiger partial charge in [-0.05, 0) is 12.1 Å². The standard InChI is InChI=1S/C12H13NO5/c1-18-10-3-7(12(16)17)2-8(4-10)13-6-9(14)5-11(13)15/h2-4,9,14H,5-6H2,1H3,(H,16,17). The molecule has 2 rings (SSSR count). The maximum absolute atomic E-state index is 11.6. The third-order valence-corrected chi connectivity index (χ3v) is 2.79. The van der Waals surface area contributed by atoms with E-state index in [2.05, 4.69) is 0 Å². The summed E-state index contributed by atoms with van der Waals surface area (Å²) in [5.41, 5.74) is 0.465. The Balaban J connectivity index is 2.41. The monoisotopic (exact) mass is 251 g/mol. The summed E-state index contributed by atoms with van der Waals surface area (Å²) in [6, 6.07) is 4.34. The van der Waals surface area contributed by atoms with Gasteiger partial charge in [-0.25, -0.2) is 4.79 Å². The van der Waals surface area contributed by atoms with Gasteiger partial charge in [-0.3, -0.25) is 4.79 Å². The average Bonchev–Trinajstić information content (AvgIpc) is 2.67. The number of carboxylic acid groups (broad SMARTS) is 1. The van der Waals surface area contributed by atoms with Crippen molar-refractivity contribution in [2.45, 2.75) is 12.5 Å². The van der Waals surface area contributed by atoms with Crippen LogP contribution < -0.4 is 9.64 Å². The number of carboxylic acids is 1. The van der Waals surface area contributed by atoms with Crippen molar-refractivity contribution in [2.75, 3.05) is 18.6 Å². The lowest BCUT2D eigenvalue weighted by Gasteiger charge is -2.17. The van der Waals surface area contributed by atoms with Crippen molar-refractivity contribution < 1.29 is 24.5 Å². The highest BCUT2D eigenvalue weighted by molar-refractivity contribution is 5.98. The van der Waals surface area contributed by atoms with Crippen LogP contribution in [0.4, 0.5) is 5.69 Å². The van der Waals surface area contributed by atoms with Gasteiger partial charge in [0.15, 0.2) is 0 Å². The van der Waals surface area contributed by atoms with Gasteiger partial charge in [0.1, 0.15) is 5.75 Å². The average molecular weight is 251 g/mol. The fourth-order valence-corrected chi connectivity index (χ4v) is 1.92. The highest BCUT2D eigenvalue weighted by Gasteiger charge is 2.29. The summed E-state index contributed by atoms with van der Waals surface area (Å²) in [5, 5.41) is 18.4. The fourth-order valence-electron chi connectivity index (χ4n) is 1.92. The van der Waals surface area contributed by atoms with Gasteiger partial charge in [0.25, 0.3) is 0 Å². The second-order valence-electron chi connectivity index (χ2n) is 4.09. The first-order valence-corrected chi connectivity index (χ1v) is 5.42. The number of aromatic carboxylic acids is 1. The van der Waals surface area contributed by atoms with E-state index in [1.165, 1.54) is 24.1 Å². The minimum absolute atomic E-state index is 0.0403. The van der Waals surface area contributed by atoms with Crippen LogP contribution in [0, 0.1) is 0 Å². The molecule has 0 aromatic heterocycles. The summed E-state index contributed by atoms with van der Waals surface area (Å²) in [4.78, 5) is 24.0. The van der Waals surface area contributed by atoms with Crippen LogP contribution in [0.3, 0.4) is 0 Å². The SMILES string of the molecule is COc1cc(C(=O)O)cc(N2CC(O)CC2=O)c1. The molecule has 1 unspecified atom stereocenters. The Bertz CT molecular complexity index is 499. The molecule has 1 heterocycles. The molecule has 0 spiro atoms. The summed E-state index contributed by atoms with van der Waals surface area (Å²) >= 11 is 0. The predicted molar refractivity (Wildman–Crippen MR) is 62.9 cm³/mol. The number of carbonyl (C=O) groups excluding carboxylic acids is 1. The second-order valence-corrected chi connectivity index (χ2v) is 4.09. The van der Waals surface area contributed by atoms with E-state index < -0.39 is 12.1 Å². The number of benzene rings is 1. The first-order valence-electron chi connectivity index (χ1n) is 5.42. The van der Waals surface area contributed by atoms with Crippen LogP contribution in [0.25, 0.3) is 0 Å². The van der Waals surface area contributed by atoms with Crippen LogP contribution >= 0.6 is 0 Å². The molecule has 1 atom stereocenters.